The van der Waals surface area contributed by atoms with Gasteiger partial charge in [-0.2, -0.15) is 11.8 Å². The quantitative estimate of drug-likeness (QED) is 0.813. The van der Waals surface area contributed by atoms with E-state index in [1.807, 2.05) is 6.26 Å². The van der Waals surface area contributed by atoms with E-state index in [9.17, 15) is 9.59 Å². The topological polar surface area (TPSA) is 66.4 Å². The van der Waals surface area contributed by atoms with Crippen LogP contribution < -0.4 is 5.32 Å². The van der Waals surface area contributed by atoms with Gasteiger partial charge in [-0.15, -0.1) is 0 Å². The minimum absolute atomic E-state index is 0.0843. The van der Waals surface area contributed by atoms with Crippen molar-refractivity contribution in [3.05, 3.63) is 29.8 Å². The molecule has 1 amide bonds. The Labute approximate surface area is 104 Å². The highest BCUT2D eigenvalue weighted by atomic mass is 32.2. The van der Waals surface area contributed by atoms with Gasteiger partial charge in [-0.1, -0.05) is 18.2 Å². The minimum atomic E-state index is -0.907. The summed E-state index contributed by atoms with van der Waals surface area (Å²) < 4.78 is 0. The van der Waals surface area contributed by atoms with Crippen LogP contribution in [0.1, 0.15) is 12.0 Å². The number of para-hydroxylation sites is 1. The Bertz CT molecular complexity index is 406. The number of carboxylic acids is 1. The molecule has 2 N–H and O–H groups in total. The average Bonchev–Trinajstić information content (AvgIpc) is 2.28. The van der Waals surface area contributed by atoms with Gasteiger partial charge in [-0.05, 0) is 17.9 Å². The van der Waals surface area contributed by atoms with Crippen LogP contribution >= 0.6 is 11.8 Å². The molecule has 4 nitrogen and oxygen atoms in total. The fraction of sp³-hybridized carbons (Fsp3) is 0.333. The van der Waals surface area contributed by atoms with Crippen molar-refractivity contribution < 1.29 is 14.7 Å². The maximum Gasteiger partial charge on any atom is 0.307 e. The molecular formula is C12H15NO3S. The van der Waals surface area contributed by atoms with E-state index in [0.717, 1.165) is 5.75 Å². The molecule has 1 aromatic rings. The molecule has 1 rings (SSSR count). The molecule has 0 aliphatic carbocycles. The molecule has 0 saturated carbocycles. The van der Waals surface area contributed by atoms with Crippen LogP contribution in [0.5, 0.6) is 0 Å². The van der Waals surface area contributed by atoms with Crippen molar-refractivity contribution in [1.82, 2.24) is 0 Å². The maximum absolute atomic E-state index is 11.5. The number of thioether (sulfide) groups is 1. The Hall–Kier alpha value is -1.49. The first-order chi connectivity index (χ1) is 8.13. The third kappa shape index (κ3) is 4.91. The predicted octanol–water partition coefficient (Wildman–Crippen LogP) is 2.01. The first-order valence-electron chi connectivity index (χ1n) is 5.22. The molecule has 0 unspecified atom stereocenters. The van der Waals surface area contributed by atoms with Crippen molar-refractivity contribution in [2.45, 2.75) is 12.8 Å². The summed E-state index contributed by atoms with van der Waals surface area (Å²) >= 11 is 1.60. The fourth-order valence-corrected chi connectivity index (χ4v) is 1.76. The van der Waals surface area contributed by atoms with Crippen molar-refractivity contribution in [3.8, 4) is 0 Å². The number of carbonyl (C=O) groups is 2. The zero-order valence-corrected chi connectivity index (χ0v) is 10.4. The van der Waals surface area contributed by atoms with Crippen LogP contribution in [0.15, 0.2) is 24.3 Å². The standard InChI is InChI=1S/C12H15NO3S/c1-17-7-6-11(14)13-10-5-3-2-4-9(10)8-12(15)16/h2-5H,6-8H2,1H3,(H,13,14)(H,15,16). The number of nitrogens with one attached hydrogen (secondary N) is 1. The van der Waals surface area contributed by atoms with Crippen molar-refractivity contribution in [2.24, 2.45) is 0 Å². The van der Waals surface area contributed by atoms with E-state index < -0.39 is 5.97 Å². The van der Waals surface area contributed by atoms with Crippen molar-refractivity contribution in [3.63, 3.8) is 0 Å². The maximum atomic E-state index is 11.5. The molecule has 0 spiro atoms. The highest BCUT2D eigenvalue weighted by molar-refractivity contribution is 7.98. The second kappa shape index (κ2) is 6.96. The van der Waals surface area contributed by atoms with Crippen LogP contribution in [0.25, 0.3) is 0 Å². The molecule has 0 heterocycles. The van der Waals surface area contributed by atoms with Gasteiger partial charge in [0.25, 0.3) is 0 Å². The van der Waals surface area contributed by atoms with Crippen LogP contribution in [-0.4, -0.2) is 29.0 Å². The van der Waals surface area contributed by atoms with Gasteiger partial charge >= 0.3 is 5.97 Å². The Morgan fingerprint density at radius 3 is 2.71 bits per heavy atom. The highest BCUT2D eigenvalue weighted by Gasteiger charge is 2.08. The van der Waals surface area contributed by atoms with Crippen LogP contribution in [0.4, 0.5) is 5.69 Å². The Morgan fingerprint density at radius 2 is 2.06 bits per heavy atom. The van der Waals surface area contributed by atoms with Gasteiger partial charge in [-0.3, -0.25) is 9.59 Å². The van der Waals surface area contributed by atoms with E-state index in [0.29, 0.717) is 17.7 Å². The Morgan fingerprint density at radius 1 is 1.35 bits per heavy atom. The van der Waals surface area contributed by atoms with Gasteiger partial charge < -0.3 is 10.4 Å². The summed E-state index contributed by atoms with van der Waals surface area (Å²) in [6.07, 6.45) is 2.28. The summed E-state index contributed by atoms with van der Waals surface area (Å²) in [5, 5.41) is 11.5. The summed E-state index contributed by atoms with van der Waals surface area (Å²) in [6.45, 7) is 0. The molecule has 0 atom stereocenters. The van der Waals surface area contributed by atoms with Crippen LogP contribution in [-0.2, 0) is 16.0 Å². The van der Waals surface area contributed by atoms with E-state index in [1.54, 1.807) is 36.0 Å². The Balaban J connectivity index is 2.69. The monoisotopic (exact) mass is 253 g/mol. The normalized spacial score (nSPS) is 9.94. The van der Waals surface area contributed by atoms with Crippen molar-refractivity contribution in [2.75, 3.05) is 17.3 Å². The first-order valence-corrected chi connectivity index (χ1v) is 6.61. The number of anilines is 1. The van der Waals surface area contributed by atoms with E-state index in [2.05, 4.69) is 5.32 Å². The number of benzene rings is 1. The number of amides is 1. The fourth-order valence-electron chi connectivity index (χ4n) is 1.37. The summed E-state index contributed by atoms with van der Waals surface area (Å²) in [6, 6.07) is 6.96. The molecule has 92 valence electrons. The van der Waals surface area contributed by atoms with Gasteiger partial charge in [0.2, 0.25) is 5.91 Å². The van der Waals surface area contributed by atoms with Crippen molar-refractivity contribution >= 4 is 29.3 Å². The molecule has 0 radical (unpaired) electrons. The largest absolute Gasteiger partial charge is 0.481 e. The predicted molar refractivity (Wildman–Crippen MR) is 69.4 cm³/mol. The molecular weight excluding hydrogens is 238 g/mol. The molecule has 5 heteroatoms. The molecule has 0 aliphatic rings. The third-order valence-electron chi connectivity index (χ3n) is 2.17. The van der Waals surface area contributed by atoms with E-state index >= 15 is 0 Å². The van der Waals surface area contributed by atoms with Crippen LogP contribution in [0.2, 0.25) is 0 Å². The van der Waals surface area contributed by atoms with E-state index in [4.69, 9.17) is 5.11 Å². The lowest BCUT2D eigenvalue weighted by Gasteiger charge is -2.09. The molecule has 17 heavy (non-hydrogen) atoms. The summed E-state index contributed by atoms with van der Waals surface area (Å²) in [4.78, 5) is 22.2. The number of aliphatic carboxylic acids is 1. The lowest BCUT2D eigenvalue weighted by Crippen LogP contribution is -2.14. The van der Waals surface area contributed by atoms with E-state index in [1.165, 1.54) is 0 Å². The van der Waals surface area contributed by atoms with Gasteiger partial charge in [0.15, 0.2) is 0 Å². The lowest BCUT2D eigenvalue weighted by molar-refractivity contribution is -0.136. The average molecular weight is 253 g/mol. The zero-order chi connectivity index (χ0) is 12.7. The SMILES string of the molecule is CSCCC(=O)Nc1ccccc1CC(=O)O. The van der Waals surface area contributed by atoms with Gasteiger partial charge in [-0.25, -0.2) is 0 Å². The summed E-state index contributed by atoms with van der Waals surface area (Å²) in [5.41, 5.74) is 1.21. The van der Waals surface area contributed by atoms with Gasteiger partial charge in [0, 0.05) is 17.9 Å². The minimum Gasteiger partial charge on any atom is -0.481 e. The number of hydrogen-bond acceptors (Lipinski definition) is 3. The molecule has 1 aromatic carbocycles. The summed E-state index contributed by atoms with van der Waals surface area (Å²) in [5.74, 6) is -0.236. The zero-order valence-electron chi connectivity index (χ0n) is 9.60. The molecule has 0 bridgehead atoms. The molecule has 0 aliphatic heterocycles. The van der Waals surface area contributed by atoms with Crippen LogP contribution in [0, 0.1) is 0 Å². The van der Waals surface area contributed by atoms with Crippen LogP contribution in [0.3, 0.4) is 0 Å². The smallest absolute Gasteiger partial charge is 0.307 e. The van der Waals surface area contributed by atoms with E-state index in [-0.39, 0.29) is 12.3 Å². The first kappa shape index (κ1) is 13.6. The van der Waals surface area contributed by atoms with Gasteiger partial charge in [0.1, 0.15) is 0 Å². The highest BCUT2D eigenvalue weighted by Crippen LogP contribution is 2.16. The number of rotatable bonds is 6. The molecule has 0 saturated heterocycles. The number of hydrogen-bond donors (Lipinski definition) is 2. The summed E-state index contributed by atoms with van der Waals surface area (Å²) in [7, 11) is 0. The second-order valence-corrected chi connectivity index (χ2v) is 4.50. The number of carbonyl (C=O) groups excluding carboxylic acids is 1. The Kier molecular flexibility index (Phi) is 5.56. The third-order valence-corrected chi connectivity index (χ3v) is 2.78. The van der Waals surface area contributed by atoms with Gasteiger partial charge in [0.05, 0.1) is 6.42 Å². The van der Waals surface area contributed by atoms with Crippen molar-refractivity contribution in [1.29, 1.82) is 0 Å². The second-order valence-electron chi connectivity index (χ2n) is 3.52. The number of carboxylic acid groups (broad SMARTS) is 1. The molecule has 0 aromatic heterocycles. The lowest BCUT2D eigenvalue weighted by atomic mass is 10.1. The molecule has 0 fully saturated rings.